The third-order valence-corrected chi connectivity index (χ3v) is 10.5. The number of rotatable bonds is 8. The Morgan fingerprint density at radius 3 is 2.38 bits per heavy atom. The summed E-state index contributed by atoms with van der Waals surface area (Å²) < 4.78 is 89.5. The number of aliphatic hydroxyl groups is 1. The molecule has 0 bridgehead atoms. The van der Waals surface area contributed by atoms with Crippen molar-refractivity contribution < 1.29 is 35.8 Å². The first-order valence-corrected chi connectivity index (χ1v) is 14.8. The van der Waals surface area contributed by atoms with Crippen molar-refractivity contribution in [2.75, 3.05) is 7.11 Å². The number of hydrogen-bond acceptors (Lipinski definition) is 5. The quantitative estimate of drug-likeness (QED) is 0.323. The molecule has 0 spiro atoms. The zero-order chi connectivity index (χ0) is 29.7. The van der Waals surface area contributed by atoms with Gasteiger partial charge in [0.05, 0.1) is 33.7 Å². The zero-order valence-corrected chi connectivity index (χ0v) is 24.3. The van der Waals surface area contributed by atoms with Crippen molar-refractivity contribution in [2.45, 2.75) is 63.4 Å². The predicted octanol–water partition coefficient (Wildman–Crippen LogP) is 7.32. The summed E-state index contributed by atoms with van der Waals surface area (Å²) in [7, 11) is -2.84. The van der Waals surface area contributed by atoms with Crippen molar-refractivity contribution in [3.63, 3.8) is 0 Å². The highest BCUT2D eigenvalue weighted by molar-refractivity contribution is 8.07. The Morgan fingerprint density at radius 1 is 1.15 bits per heavy atom. The van der Waals surface area contributed by atoms with Crippen LogP contribution >= 0.6 is 11.8 Å². The average molecular weight is 598 g/mol. The summed E-state index contributed by atoms with van der Waals surface area (Å²) in [6.07, 6.45) is 0.863. The highest BCUT2D eigenvalue weighted by Gasteiger charge is 2.50. The molecule has 0 radical (unpaired) electrons. The molecule has 1 aliphatic carbocycles. The normalized spacial score (nSPS) is 20.4. The molecule has 4 rings (SSSR count). The predicted molar refractivity (Wildman–Crippen MR) is 147 cm³/mol. The van der Waals surface area contributed by atoms with Gasteiger partial charge in [-0.15, -0.1) is 0 Å². The van der Waals surface area contributed by atoms with Crippen LogP contribution in [0.1, 0.15) is 56.9 Å². The van der Waals surface area contributed by atoms with Gasteiger partial charge in [-0.3, -0.25) is 4.31 Å². The van der Waals surface area contributed by atoms with Gasteiger partial charge in [0.2, 0.25) is 0 Å². The van der Waals surface area contributed by atoms with Crippen LogP contribution in [0, 0.1) is 11.2 Å². The summed E-state index contributed by atoms with van der Waals surface area (Å²) in [4.78, 5) is 0.717. The van der Waals surface area contributed by atoms with Crippen molar-refractivity contribution in [1.82, 2.24) is 4.31 Å². The number of ether oxygens (including phenoxy) is 1. The van der Waals surface area contributed by atoms with E-state index in [-0.39, 0.29) is 21.6 Å². The second-order valence-electron chi connectivity index (χ2n) is 10.6. The first-order chi connectivity index (χ1) is 18.5. The maximum atomic E-state index is 14.2. The fourth-order valence-electron chi connectivity index (χ4n) is 5.11. The monoisotopic (exact) mass is 597 g/mol. The highest BCUT2D eigenvalue weighted by atomic mass is 32.2. The number of nitrogens with zero attached hydrogens (tertiary/aromatic N) is 1. The number of methoxy groups -OCH3 is 1. The van der Waals surface area contributed by atoms with Crippen LogP contribution in [-0.2, 0) is 27.5 Å². The van der Waals surface area contributed by atoms with E-state index in [1.807, 2.05) is 32.1 Å². The molecule has 2 aromatic rings. The molecule has 216 valence electrons. The number of allylic oxidation sites excluding steroid dienone is 4. The van der Waals surface area contributed by atoms with Crippen molar-refractivity contribution in [1.29, 1.82) is 0 Å². The third-order valence-electron chi connectivity index (χ3n) is 7.22. The van der Waals surface area contributed by atoms with Crippen LogP contribution in [-0.4, -0.2) is 30.5 Å². The summed E-state index contributed by atoms with van der Waals surface area (Å²) in [5, 5.41) is 11.5. The first-order valence-electron chi connectivity index (χ1n) is 12.5. The molecule has 1 N–H and O–H groups in total. The summed E-state index contributed by atoms with van der Waals surface area (Å²) >= 11 is 1.16. The number of benzene rings is 2. The van der Waals surface area contributed by atoms with E-state index in [0.29, 0.717) is 24.1 Å². The molecular weight excluding hydrogens is 566 g/mol. The lowest BCUT2D eigenvalue weighted by atomic mass is 9.71. The van der Waals surface area contributed by atoms with E-state index < -0.39 is 45.1 Å². The molecule has 2 atom stereocenters. The molecular formula is C29H31F4NO4S2. The van der Waals surface area contributed by atoms with Gasteiger partial charge >= 0.3 is 6.18 Å². The maximum Gasteiger partial charge on any atom is 0.419 e. The van der Waals surface area contributed by atoms with Crippen LogP contribution in [0.3, 0.4) is 0 Å². The molecule has 0 aromatic heterocycles. The molecule has 0 amide bonds. The molecule has 0 fully saturated rings. The van der Waals surface area contributed by atoms with Crippen LogP contribution in [0.2, 0.25) is 0 Å². The Kier molecular flexibility index (Phi) is 8.09. The van der Waals surface area contributed by atoms with Crippen LogP contribution in [0.5, 0.6) is 0 Å². The second-order valence-corrected chi connectivity index (χ2v) is 13.5. The van der Waals surface area contributed by atoms with E-state index in [1.165, 1.54) is 19.2 Å². The van der Waals surface area contributed by atoms with E-state index in [9.17, 15) is 31.1 Å². The fraction of sp³-hybridized carbons (Fsp3) is 0.379. The summed E-state index contributed by atoms with van der Waals surface area (Å²) in [5.74, 6) is -1.45. The van der Waals surface area contributed by atoms with Gasteiger partial charge in [-0.05, 0) is 62.6 Å². The van der Waals surface area contributed by atoms with Crippen LogP contribution in [0.4, 0.5) is 17.6 Å². The van der Waals surface area contributed by atoms with Crippen LogP contribution < -0.4 is 0 Å². The minimum absolute atomic E-state index is 0.0581. The van der Waals surface area contributed by atoms with Crippen molar-refractivity contribution >= 4 is 21.8 Å². The van der Waals surface area contributed by atoms with E-state index >= 15 is 0 Å². The lowest BCUT2D eigenvalue weighted by Crippen LogP contribution is -2.37. The molecule has 11 heteroatoms. The lowest BCUT2D eigenvalue weighted by molar-refractivity contribution is -0.140. The van der Waals surface area contributed by atoms with Crippen LogP contribution in [0.25, 0.3) is 0 Å². The molecule has 2 unspecified atom stereocenters. The summed E-state index contributed by atoms with van der Waals surface area (Å²) in [6.45, 7) is 6.31. The van der Waals surface area contributed by atoms with Gasteiger partial charge in [-0.2, -0.15) is 13.2 Å². The minimum Gasteiger partial charge on any atom is -0.386 e. The van der Waals surface area contributed by atoms with Gasteiger partial charge in [-0.25, -0.2) is 12.8 Å². The van der Waals surface area contributed by atoms with Crippen molar-refractivity contribution in [3.8, 4) is 0 Å². The van der Waals surface area contributed by atoms with Crippen molar-refractivity contribution in [3.05, 3.63) is 98.7 Å². The number of fused-ring (bicyclic) bond motifs is 1. The molecule has 1 aliphatic heterocycles. The van der Waals surface area contributed by atoms with Crippen LogP contribution in [0.15, 0.2) is 81.1 Å². The van der Waals surface area contributed by atoms with Crippen molar-refractivity contribution in [2.24, 2.45) is 5.41 Å². The topological polar surface area (TPSA) is 66.8 Å². The van der Waals surface area contributed by atoms with Gasteiger partial charge in [0.25, 0.3) is 10.0 Å². The fourth-order valence-corrected chi connectivity index (χ4v) is 8.39. The van der Waals surface area contributed by atoms with E-state index in [2.05, 4.69) is 0 Å². The number of hydrogen-bond donors (Lipinski definition) is 1. The van der Waals surface area contributed by atoms with Gasteiger partial charge in [-0.1, -0.05) is 55.1 Å². The standard InChI is InChI=1S/C29H31F4NO4S2/c1-18(38-5)20-10-12-21(13-11-20)40(36,37)34(17-19-9-14-23(30)22(16-19)29(31,32)33)26-25(27(2,3)35)28(4)15-7-6-8-24(28)39-26/h6-14,16,18,35H,15,17H2,1-5H3. The Bertz CT molecular complexity index is 1490. The Morgan fingerprint density at radius 2 is 1.80 bits per heavy atom. The molecule has 2 aromatic carbocycles. The Labute approximate surface area is 236 Å². The largest absolute Gasteiger partial charge is 0.419 e. The third kappa shape index (κ3) is 5.61. The van der Waals surface area contributed by atoms with Gasteiger partial charge in [0, 0.05) is 23.0 Å². The van der Waals surface area contributed by atoms with E-state index in [4.69, 9.17) is 4.74 Å². The van der Waals surface area contributed by atoms with E-state index in [0.717, 1.165) is 32.6 Å². The second kappa shape index (κ2) is 10.7. The number of thioether (sulfide) groups is 1. The smallest absolute Gasteiger partial charge is 0.386 e. The SMILES string of the molecule is COC(C)c1ccc(S(=O)(=O)N(Cc2ccc(F)c(C(F)(F)F)c2)C2=C(C(C)(C)O)C3(C)CC=CC=C3S2)cc1. The molecule has 2 aliphatic rings. The van der Waals surface area contributed by atoms with E-state index in [1.54, 1.807) is 26.0 Å². The highest BCUT2D eigenvalue weighted by Crippen LogP contribution is 2.61. The molecule has 0 saturated heterocycles. The number of halogens is 4. The minimum atomic E-state index is -4.96. The Hall–Kier alpha value is -2.60. The average Bonchev–Trinajstić information content (AvgIpc) is 3.19. The molecule has 40 heavy (non-hydrogen) atoms. The molecule has 5 nitrogen and oxygen atoms in total. The van der Waals surface area contributed by atoms with Gasteiger partial charge in [0.15, 0.2) is 0 Å². The molecule has 1 heterocycles. The summed E-state index contributed by atoms with van der Waals surface area (Å²) in [5.41, 5.74) is -2.56. The van der Waals surface area contributed by atoms with Gasteiger partial charge in [0.1, 0.15) is 5.82 Å². The lowest BCUT2D eigenvalue weighted by Gasteiger charge is -2.37. The zero-order valence-electron chi connectivity index (χ0n) is 22.7. The number of alkyl halides is 3. The van der Waals surface area contributed by atoms with Gasteiger partial charge < -0.3 is 9.84 Å². The maximum absolute atomic E-state index is 14.2. The number of sulfonamides is 1. The Balaban J connectivity index is 1.92. The summed E-state index contributed by atoms with van der Waals surface area (Å²) in [6, 6.07) is 8.50. The first kappa shape index (κ1) is 30.4. The molecule has 0 saturated carbocycles.